The van der Waals surface area contributed by atoms with Crippen molar-refractivity contribution in [3.05, 3.63) is 28.2 Å². The molecule has 6 heteroatoms. The fraction of sp³-hybridized carbons (Fsp3) is 0.250. The molecule has 3 nitrogen and oxygen atoms in total. The number of anilines is 1. The molecular formula is C8H9Br2NO2S. The average Bonchev–Trinajstić information content (AvgIpc) is 2.11. The van der Waals surface area contributed by atoms with Crippen molar-refractivity contribution in [1.29, 1.82) is 0 Å². The zero-order valence-electron chi connectivity index (χ0n) is 7.42. The molecule has 0 saturated carbocycles. The summed E-state index contributed by atoms with van der Waals surface area (Å²) in [5, 5.41) is 0. The number of benzene rings is 1. The van der Waals surface area contributed by atoms with Gasteiger partial charge in [0.05, 0.1) is 5.69 Å². The Morgan fingerprint density at radius 1 is 1.43 bits per heavy atom. The van der Waals surface area contributed by atoms with Crippen molar-refractivity contribution < 1.29 is 8.42 Å². The third-order valence-corrected chi connectivity index (χ3v) is 4.85. The van der Waals surface area contributed by atoms with Gasteiger partial charge < -0.3 is 0 Å². The van der Waals surface area contributed by atoms with Gasteiger partial charge in [0.1, 0.15) is 4.66 Å². The molecule has 0 saturated heterocycles. The van der Waals surface area contributed by atoms with E-state index >= 15 is 0 Å². The summed E-state index contributed by atoms with van der Waals surface area (Å²) in [5.74, 6) is 0. The van der Waals surface area contributed by atoms with Crippen LogP contribution in [0.2, 0.25) is 0 Å². The smallest absolute Gasteiger partial charge is 0.242 e. The molecule has 0 aliphatic carbocycles. The van der Waals surface area contributed by atoms with Crippen LogP contribution in [0.5, 0.6) is 0 Å². The minimum absolute atomic E-state index is 0.111. The second-order valence-corrected chi connectivity index (χ2v) is 6.69. The summed E-state index contributed by atoms with van der Waals surface area (Å²) >= 11 is 6.18. The Morgan fingerprint density at radius 3 is 2.64 bits per heavy atom. The van der Waals surface area contributed by atoms with Gasteiger partial charge in [-0.1, -0.05) is 22.0 Å². The van der Waals surface area contributed by atoms with E-state index in [1.165, 1.54) is 0 Å². The molecule has 0 spiro atoms. The maximum atomic E-state index is 11.3. The van der Waals surface area contributed by atoms with E-state index in [1.807, 2.05) is 13.0 Å². The lowest BCUT2D eigenvalue weighted by Crippen LogP contribution is -2.13. The molecule has 0 unspecified atom stereocenters. The predicted octanol–water partition coefficient (Wildman–Crippen LogP) is 2.85. The number of sulfonamides is 1. The highest BCUT2D eigenvalue weighted by Gasteiger charge is 2.09. The van der Waals surface area contributed by atoms with Crippen molar-refractivity contribution in [3.8, 4) is 0 Å². The number of aryl methyl sites for hydroxylation is 1. The van der Waals surface area contributed by atoms with Gasteiger partial charge in [-0.3, -0.25) is 4.72 Å². The lowest BCUT2D eigenvalue weighted by atomic mass is 10.2. The molecule has 0 bridgehead atoms. The Balaban J connectivity index is 3.03. The highest BCUT2D eigenvalue weighted by atomic mass is 79.9. The number of halogens is 2. The first kappa shape index (κ1) is 12.0. The molecule has 1 N–H and O–H groups in total. The molecular weight excluding hydrogens is 334 g/mol. The lowest BCUT2D eigenvalue weighted by Gasteiger charge is -2.08. The Morgan fingerprint density at radius 2 is 2.07 bits per heavy atom. The number of hydrogen-bond donors (Lipinski definition) is 1. The standard InChI is InChI=1S/C8H9Br2NO2S/c1-6-2-3-7(10)8(4-6)11-14(12,13)5-9/h2-4,11H,5H2,1H3. The Bertz CT molecular complexity index is 431. The van der Waals surface area contributed by atoms with Crippen LogP contribution in [0, 0.1) is 6.92 Å². The number of hydrogen-bond acceptors (Lipinski definition) is 2. The summed E-state index contributed by atoms with van der Waals surface area (Å²) in [6.45, 7) is 1.90. The largest absolute Gasteiger partial charge is 0.282 e. The van der Waals surface area contributed by atoms with Gasteiger partial charge in [0.2, 0.25) is 10.0 Å². The normalized spacial score (nSPS) is 11.4. The molecule has 0 fully saturated rings. The number of nitrogens with one attached hydrogen (secondary N) is 1. The van der Waals surface area contributed by atoms with Crippen LogP contribution < -0.4 is 4.72 Å². The molecule has 0 aliphatic heterocycles. The van der Waals surface area contributed by atoms with Crippen LogP contribution in [0.15, 0.2) is 22.7 Å². The maximum absolute atomic E-state index is 11.3. The summed E-state index contributed by atoms with van der Waals surface area (Å²) in [4.78, 5) is 0. The van der Waals surface area contributed by atoms with Crippen LogP contribution in [0.25, 0.3) is 0 Å². The van der Waals surface area contributed by atoms with E-state index in [-0.39, 0.29) is 4.66 Å². The van der Waals surface area contributed by atoms with Crippen LogP contribution in [0.1, 0.15) is 5.56 Å². The number of alkyl halides is 1. The van der Waals surface area contributed by atoms with Gasteiger partial charge >= 0.3 is 0 Å². The van der Waals surface area contributed by atoms with Gasteiger partial charge in [0, 0.05) is 4.47 Å². The summed E-state index contributed by atoms with van der Waals surface area (Å²) < 4.78 is 25.6. The highest BCUT2D eigenvalue weighted by Crippen LogP contribution is 2.24. The van der Waals surface area contributed by atoms with Crippen LogP contribution in [0.4, 0.5) is 5.69 Å². The molecule has 78 valence electrons. The van der Waals surface area contributed by atoms with Gasteiger partial charge in [0.15, 0.2) is 0 Å². The van der Waals surface area contributed by atoms with E-state index in [4.69, 9.17) is 0 Å². The van der Waals surface area contributed by atoms with Gasteiger partial charge in [-0.05, 0) is 40.5 Å². The second-order valence-electron chi connectivity index (χ2n) is 2.81. The molecule has 0 heterocycles. The Labute approximate surface area is 100 Å². The van der Waals surface area contributed by atoms with Crippen LogP contribution >= 0.6 is 31.9 Å². The molecule has 1 aromatic carbocycles. The van der Waals surface area contributed by atoms with E-state index in [2.05, 4.69) is 36.6 Å². The zero-order valence-corrected chi connectivity index (χ0v) is 11.4. The Kier molecular flexibility index (Phi) is 3.97. The van der Waals surface area contributed by atoms with Gasteiger partial charge in [-0.15, -0.1) is 0 Å². The summed E-state index contributed by atoms with van der Waals surface area (Å²) in [7, 11) is -3.28. The topological polar surface area (TPSA) is 46.2 Å². The molecule has 0 aliphatic rings. The second kappa shape index (κ2) is 4.63. The minimum Gasteiger partial charge on any atom is -0.282 e. The van der Waals surface area contributed by atoms with E-state index in [9.17, 15) is 8.42 Å². The van der Waals surface area contributed by atoms with E-state index in [0.717, 1.165) is 10.0 Å². The highest BCUT2D eigenvalue weighted by molar-refractivity contribution is 9.11. The molecule has 1 rings (SSSR count). The fourth-order valence-corrected chi connectivity index (χ4v) is 2.29. The molecule has 1 aromatic rings. The third-order valence-electron chi connectivity index (χ3n) is 1.53. The zero-order chi connectivity index (χ0) is 10.8. The minimum atomic E-state index is -3.28. The van der Waals surface area contributed by atoms with Gasteiger partial charge in [-0.2, -0.15) is 0 Å². The summed E-state index contributed by atoms with van der Waals surface area (Å²) in [6, 6.07) is 5.47. The predicted molar refractivity (Wildman–Crippen MR) is 65.2 cm³/mol. The third kappa shape index (κ3) is 3.25. The van der Waals surface area contributed by atoms with Crippen molar-refractivity contribution in [2.24, 2.45) is 0 Å². The molecule has 14 heavy (non-hydrogen) atoms. The maximum Gasteiger partial charge on any atom is 0.242 e. The molecule has 0 atom stereocenters. The van der Waals surface area contributed by atoms with Crippen LogP contribution in [-0.2, 0) is 10.0 Å². The van der Waals surface area contributed by atoms with Crippen molar-refractivity contribution >= 4 is 47.6 Å². The Hall–Kier alpha value is -0.0700. The van der Waals surface area contributed by atoms with Gasteiger partial charge in [-0.25, -0.2) is 8.42 Å². The van der Waals surface area contributed by atoms with Crippen LogP contribution in [0.3, 0.4) is 0 Å². The summed E-state index contributed by atoms with van der Waals surface area (Å²) in [5.41, 5.74) is 1.56. The first-order chi connectivity index (χ1) is 6.44. The van der Waals surface area contributed by atoms with Crippen molar-refractivity contribution in [3.63, 3.8) is 0 Å². The van der Waals surface area contributed by atoms with Gasteiger partial charge in [0.25, 0.3) is 0 Å². The van der Waals surface area contributed by atoms with Crippen molar-refractivity contribution in [2.45, 2.75) is 6.92 Å². The molecule has 0 radical (unpaired) electrons. The van der Waals surface area contributed by atoms with E-state index < -0.39 is 10.0 Å². The first-order valence-electron chi connectivity index (χ1n) is 3.77. The SMILES string of the molecule is Cc1ccc(Br)c(NS(=O)(=O)CBr)c1. The van der Waals surface area contributed by atoms with Crippen molar-refractivity contribution in [2.75, 3.05) is 9.38 Å². The van der Waals surface area contributed by atoms with E-state index in [0.29, 0.717) is 5.69 Å². The molecule has 0 amide bonds. The average molecular weight is 343 g/mol. The fourth-order valence-electron chi connectivity index (χ4n) is 0.912. The van der Waals surface area contributed by atoms with Crippen LogP contribution in [-0.4, -0.2) is 13.1 Å². The number of rotatable bonds is 3. The monoisotopic (exact) mass is 341 g/mol. The van der Waals surface area contributed by atoms with E-state index in [1.54, 1.807) is 12.1 Å². The first-order valence-corrected chi connectivity index (χ1v) is 7.34. The lowest BCUT2D eigenvalue weighted by molar-refractivity contribution is 0.606. The summed E-state index contributed by atoms with van der Waals surface area (Å²) in [6.07, 6.45) is 0. The van der Waals surface area contributed by atoms with Crippen molar-refractivity contribution in [1.82, 2.24) is 0 Å². The molecule has 0 aromatic heterocycles. The quantitative estimate of drug-likeness (QED) is 0.858.